The highest BCUT2D eigenvalue weighted by molar-refractivity contribution is 5.92. The topological polar surface area (TPSA) is 90.4 Å². The van der Waals surface area contributed by atoms with Gasteiger partial charge in [-0.25, -0.2) is 4.79 Å². The number of hydroxylamine groups is 2. The molecule has 0 aromatic heterocycles. The molecule has 8 nitrogen and oxygen atoms in total. The molecule has 4 atom stereocenters. The van der Waals surface area contributed by atoms with Crippen LogP contribution in [0, 0.1) is 11.8 Å². The third kappa shape index (κ3) is 3.94. The average Bonchev–Trinajstić information content (AvgIpc) is 2.69. The van der Waals surface area contributed by atoms with Gasteiger partial charge in [0.05, 0.1) is 6.54 Å². The Hall–Kier alpha value is -2.61. The van der Waals surface area contributed by atoms with E-state index in [1.54, 1.807) is 18.7 Å². The quantitative estimate of drug-likeness (QED) is 0.816. The fourth-order valence-electron chi connectivity index (χ4n) is 3.99. The Bertz CT molecular complexity index is 769. The molecule has 29 heavy (non-hydrogen) atoms. The van der Waals surface area contributed by atoms with Gasteiger partial charge in [-0.2, -0.15) is 5.06 Å². The molecule has 2 saturated heterocycles. The monoisotopic (exact) mass is 403 g/mol. The van der Waals surface area contributed by atoms with E-state index in [-0.39, 0.29) is 30.2 Å². The molecule has 3 amide bonds. The van der Waals surface area contributed by atoms with Crippen LogP contribution in [0.4, 0.5) is 4.79 Å². The van der Waals surface area contributed by atoms with Crippen molar-refractivity contribution in [3.63, 3.8) is 0 Å². The number of carbonyl (C=O) groups is 3. The van der Waals surface area contributed by atoms with Crippen LogP contribution in [0.5, 0.6) is 0 Å². The summed E-state index contributed by atoms with van der Waals surface area (Å²) >= 11 is 0. The van der Waals surface area contributed by atoms with Crippen LogP contribution >= 0.6 is 0 Å². The molecule has 2 heterocycles. The summed E-state index contributed by atoms with van der Waals surface area (Å²) in [5.74, 6) is -0.808. The Morgan fingerprint density at radius 2 is 1.83 bits per heavy atom. The Kier molecular flexibility index (Phi) is 6.12. The van der Waals surface area contributed by atoms with Gasteiger partial charge < -0.3 is 14.9 Å². The summed E-state index contributed by atoms with van der Waals surface area (Å²) in [6.07, 6.45) is -2.38. The molecule has 2 aliphatic heterocycles. The average molecular weight is 403 g/mol. The smallest absolute Gasteiger partial charge is 0.433 e. The Morgan fingerprint density at radius 3 is 2.38 bits per heavy atom. The number of fused-ring (bicyclic) bond motifs is 1. The van der Waals surface area contributed by atoms with E-state index >= 15 is 0 Å². The van der Waals surface area contributed by atoms with Gasteiger partial charge in [-0.1, -0.05) is 64.4 Å². The molecule has 0 radical (unpaired) electrons. The van der Waals surface area contributed by atoms with Crippen LogP contribution in [0.2, 0.25) is 0 Å². The zero-order valence-corrected chi connectivity index (χ0v) is 17.3. The predicted octanol–water partition coefficient (Wildman–Crippen LogP) is 2.55. The Balaban J connectivity index is 2.00. The summed E-state index contributed by atoms with van der Waals surface area (Å²) < 4.78 is 0. The number of nitrogens with zero attached hydrogens (tertiary/aromatic N) is 3. The number of benzene rings is 1. The number of rotatable bonds is 5. The summed E-state index contributed by atoms with van der Waals surface area (Å²) in [7, 11) is 0. The van der Waals surface area contributed by atoms with Crippen LogP contribution in [0.3, 0.4) is 0 Å². The van der Waals surface area contributed by atoms with Crippen LogP contribution < -0.4 is 0 Å². The van der Waals surface area contributed by atoms with E-state index in [1.807, 2.05) is 44.2 Å². The van der Waals surface area contributed by atoms with E-state index < -0.39 is 24.4 Å². The fourth-order valence-corrected chi connectivity index (χ4v) is 3.99. The van der Waals surface area contributed by atoms with Crippen molar-refractivity contribution in [2.75, 3.05) is 6.54 Å². The van der Waals surface area contributed by atoms with Crippen molar-refractivity contribution in [1.29, 1.82) is 0 Å². The van der Waals surface area contributed by atoms with Crippen molar-refractivity contribution < 1.29 is 24.3 Å². The molecule has 1 unspecified atom stereocenters. The summed E-state index contributed by atoms with van der Waals surface area (Å²) in [4.78, 5) is 47.3. The van der Waals surface area contributed by atoms with Crippen LogP contribution in [-0.2, 0) is 21.0 Å². The first-order valence-electron chi connectivity index (χ1n) is 10.1. The molecule has 0 spiro atoms. The maximum Gasteiger partial charge on any atom is 0.433 e. The second kappa shape index (κ2) is 8.41. The molecule has 8 heteroatoms. The van der Waals surface area contributed by atoms with Gasteiger partial charge in [0, 0.05) is 6.54 Å². The number of carboxylic acid groups (broad SMARTS) is 1. The second-order valence-corrected chi connectivity index (χ2v) is 8.14. The van der Waals surface area contributed by atoms with Crippen LogP contribution in [0.1, 0.15) is 39.7 Å². The van der Waals surface area contributed by atoms with E-state index in [2.05, 4.69) is 0 Å². The van der Waals surface area contributed by atoms with E-state index in [0.29, 0.717) is 13.0 Å². The molecular weight excluding hydrogens is 374 g/mol. The molecule has 1 N–H and O–H groups in total. The highest BCUT2D eigenvalue weighted by Crippen LogP contribution is 2.33. The highest BCUT2D eigenvalue weighted by atomic mass is 16.7. The van der Waals surface area contributed by atoms with Crippen molar-refractivity contribution >= 4 is 17.9 Å². The van der Waals surface area contributed by atoms with Gasteiger partial charge in [0.15, 0.2) is 12.3 Å². The summed E-state index contributed by atoms with van der Waals surface area (Å²) in [6, 6.07) is 8.81. The van der Waals surface area contributed by atoms with Crippen molar-refractivity contribution in [3.05, 3.63) is 35.9 Å². The zero-order chi connectivity index (χ0) is 21.3. The van der Waals surface area contributed by atoms with Crippen molar-refractivity contribution in [1.82, 2.24) is 14.9 Å². The van der Waals surface area contributed by atoms with Gasteiger partial charge in [-0.15, -0.1) is 0 Å². The van der Waals surface area contributed by atoms with E-state index in [1.165, 1.54) is 4.90 Å². The van der Waals surface area contributed by atoms with Gasteiger partial charge in [-0.05, 0) is 17.4 Å². The molecule has 0 saturated carbocycles. The maximum atomic E-state index is 13.4. The standard InChI is InChI=1S/C21H29N3O5/c1-5-14(4)17-19(25)22(11-15-9-7-6-8-10-15)12-16-23(17)20(26)18(13(2)3)29-24(16)21(27)28/h6-10,13-14,16-18H,5,11-12H2,1-4H3,(H,27,28)/t14?,16-,17-,18+/m0/s1. The Labute approximate surface area is 171 Å². The molecule has 2 fully saturated rings. The van der Waals surface area contributed by atoms with Gasteiger partial charge in [0.25, 0.3) is 5.91 Å². The normalized spacial score (nSPS) is 26.0. The van der Waals surface area contributed by atoms with E-state index in [9.17, 15) is 19.5 Å². The lowest BCUT2D eigenvalue weighted by Crippen LogP contribution is -2.74. The SMILES string of the molecule is CCC(C)[C@H]1C(=O)N(Cc2ccccc2)C[C@@H]2N(C(=O)O)O[C@H](C(C)C)C(=O)N12. The van der Waals surface area contributed by atoms with Crippen LogP contribution in [0.25, 0.3) is 0 Å². The number of hydrogen-bond donors (Lipinski definition) is 1. The molecule has 158 valence electrons. The first kappa shape index (κ1) is 21.1. The first-order chi connectivity index (χ1) is 13.8. The number of hydrogen-bond acceptors (Lipinski definition) is 4. The minimum atomic E-state index is -1.27. The lowest BCUT2D eigenvalue weighted by Gasteiger charge is -2.53. The van der Waals surface area contributed by atoms with Gasteiger partial charge >= 0.3 is 6.09 Å². The number of amides is 3. The summed E-state index contributed by atoms with van der Waals surface area (Å²) in [5, 5.41) is 10.6. The van der Waals surface area contributed by atoms with Crippen LogP contribution in [0.15, 0.2) is 30.3 Å². The molecule has 2 aliphatic rings. The fraction of sp³-hybridized carbons (Fsp3) is 0.571. The van der Waals surface area contributed by atoms with E-state index in [4.69, 9.17) is 4.84 Å². The van der Waals surface area contributed by atoms with Crippen molar-refractivity contribution in [2.45, 2.75) is 59.0 Å². The molecule has 1 aromatic carbocycles. The number of piperazine rings is 1. The third-order valence-electron chi connectivity index (χ3n) is 5.76. The second-order valence-electron chi connectivity index (χ2n) is 8.14. The molecule has 1 aromatic rings. The molecule has 0 aliphatic carbocycles. The zero-order valence-electron chi connectivity index (χ0n) is 17.3. The lowest BCUT2D eigenvalue weighted by molar-refractivity contribution is -0.273. The van der Waals surface area contributed by atoms with Gasteiger partial charge in [-0.3, -0.25) is 14.4 Å². The van der Waals surface area contributed by atoms with Crippen molar-refractivity contribution in [3.8, 4) is 0 Å². The summed E-state index contributed by atoms with van der Waals surface area (Å²) in [5.41, 5.74) is 0.946. The first-order valence-corrected chi connectivity index (χ1v) is 10.1. The van der Waals surface area contributed by atoms with Gasteiger partial charge in [0.1, 0.15) is 6.04 Å². The number of carbonyl (C=O) groups excluding carboxylic acids is 2. The minimum Gasteiger partial charge on any atom is -0.463 e. The van der Waals surface area contributed by atoms with Crippen molar-refractivity contribution in [2.24, 2.45) is 11.8 Å². The molecular formula is C21H29N3O5. The van der Waals surface area contributed by atoms with E-state index in [0.717, 1.165) is 10.6 Å². The molecule has 3 rings (SSSR count). The van der Waals surface area contributed by atoms with Crippen LogP contribution in [-0.4, -0.2) is 62.7 Å². The third-order valence-corrected chi connectivity index (χ3v) is 5.76. The van der Waals surface area contributed by atoms with Gasteiger partial charge in [0.2, 0.25) is 5.91 Å². The largest absolute Gasteiger partial charge is 0.463 e. The predicted molar refractivity (Wildman–Crippen MR) is 105 cm³/mol. The molecule has 0 bridgehead atoms. The summed E-state index contributed by atoms with van der Waals surface area (Å²) in [6.45, 7) is 7.91. The Morgan fingerprint density at radius 1 is 1.17 bits per heavy atom. The lowest BCUT2D eigenvalue weighted by atomic mass is 9.91. The highest BCUT2D eigenvalue weighted by Gasteiger charge is 2.54. The maximum absolute atomic E-state index is 13.4. The minimum absolute atomic E-state index is 0.0729.